The van der Waals surface area contributed by atoms with Crippen LogP contribution in [0.3, 0.4) is 0 Å². The van der Waals surface area contributed by atoms with Crippen LogP contribution in [0.15, 0.2) is 24.0 Å². The van der Waals surface area contributed by atoms with Crippen LogP contribution in [0, 0.1) is 5.92 Å². The van der Waals surface area contributed by atoms with Crippen molar-refractivity contribution in [3.8, 4) is 11.5 Å². The third-order valence-corrected chi connectivity index (χ3v) is 6.53. The first-order valence-electron chi connectivity index (χ1n) is 12.0. The van der Waals surface area contributed by atoms with E-state index >= 15 is 0 Å². The highest BCUT2D eigenvalue weighted by Gasteiger charge is 2.41. The lowest BCUT2D eigenvalue weighted by Gasteiger charge is -2.38. The summed E-state index contributed by atoms with van der Waals surface area (Å²) in [5, 5.41) is 22.2. The molecule has 1 aromatic rings. The summed E-state index contributed by atoms with van der Waals surface area (Å²) in [4.78, 5) is 12.0. The minimum Gasteiger partial charge on any atom is -0.508 e. The average molecular weight is 447 g/mol. The Kier molecular flexibility index (Phi) is 7.75. The van der Waals surface area contributed by atoms with Crippen LogP contribution in [-0.4, -0.2) is 34.2 Å². The zero-order valence-corrected chi connectivity index (χ0v) is 19.9. The number of aromatic hydroxyl groups is 1. The molecule has 3 rings (SSSR count). The van der Waals surface area contributed by atoms with Crippen molar-refractivity contribution in [3.63, 3.8) is 0 Å². The Balaban J connectivity index is 1.84. The number of benzene rings is 1. The van der Waals surface area contributed by atoms with Crippen molar-refractivity contribution in [1.82, 2.24) is 0 Å². The maximum atomic E-state index is 12.0. The maximum Gasteiger partial charge on any atom is 0.337 e. The summed E-state index contributed by atoms with van der Waals surface area (Å²) in [6.07, 6.45) is 8.49. The second-order valence-electron chi connectivity index (χ2n) is 9.59. The molecule has 1 heterocycles. The van der Waals surface area contributed by atoms with Crippen molar-refractivity contribution in [3.05, 3.63) is 35.1 Å². The monoisotopic (exact) mass is 446 g/mol. The molecule has 0 bridgehead atoms. The molecule has 1 atom stereocenters. The molecule has 2 N–H and O–H groups in total. The molecule has 1 aromatic carbocycles. The third-order valence-electron chi connectivity index (χ3n) is 6.53. The minimum absolute atomic E-state index is 0.149. The Morgan fingerprint density at radius 1 is 1.16 bits per heavy atom. The van der Waals surface area contributed by atoms with Gasteiger partial charge in [-0.1, -0.05) is 26.7 Å². The van der Waals surface area contributed by atoms with Crippen LogP contribution in [0.5, 0.6) is 11.5 Å². The number of carbonyl (C=O) groups is 1. The molecule has 0 amide bonds. The molecule has 0 aromatic heterocycles. The Morgan fingerprint density at radius 2 is 1.88 bits per heavy atom. The third kappa shape index (κ3) is 5.97. The van der Waals surface area contributed by atoms with Gasteiger partial charge in [-0.25, -0.2) is 4.79 Å². The molecule has 0 saturated heterocycles. The van der Waals surface area contributed by atoms with Crippen LogP contribution >= 0.6 is 0 Å². The summed E-state index contributed by atoms with van der Waals surface area (Å²) in [5.41, 5.74) is 0.862. The van der Waals surface area contributed by atoms with Crippen LogP contribution in [0.1, 0.15) is 83.8 Å². The molecule has 2 aliphatic rings. The van der Waals surface area contributed by atoms with Crippen molar-refractivity contribution in [2.45, 2.75) is 96.9 Å². The first-order valence-corrected chi connectivity index (χ1v) is 12.0. The number of cyclic esters (lactones) is 1. The summed E-state index contributed by atoms with van der Waals surface area (Å²) in [5.74, 6) is 0.0692. The summed E-state index contributed by atoms with van der Waals surface area (Å²) in [7, 11) is 0. The van der Waals surface area contributed by atoms with Gasteiger partial charge >= 0.3 is 5.97 Å². The van der Waals surface area contributed by atoms with Gasteiger partial charge in [0.1, 0.15) is 17.3 Å². The molecule has 6 heteroatoms. The maximum absolute atomic E-state index is 12.0. The van der Waals surface area contributed by atoms with Gasteiger partial charge in [0.15, 0.2) is 0 Å². The second kappa shape index (κ2) is 10.2. The number of aryl methyl sites for hydroxylation is 2. The van der Waals surface area contributed by atoms with Crippen LogP contribution in [-0.2, 0) is 27.1 Å². The standard InChI is InChI=1S/C26H38O6/c1-5-13-30-23-16-22(27)18(6-2)14-19(23)11-12-26(29,20-9-7-8-10-20)17-21-15-24(28)32-25(3,4)31-21/h14-16,20,27,29H,5-13,17H2,1-4H3. The van der Waals surface area contributed by atoms with Gasteiger partial charge in [-0.05, 0) is 61.6 Å². The summed E-state index contributed by atoms with van der Waals surface area (Å²) in [6, 6.07) is 3.69. The quantitative estimate of drug-likeness (QED) is 0.482. The number of phenolic OH excluding ortho intramolecular Hbond substituents is 1. The highest BCUT2D eigenvalue weighted by atomic mass is 16.7. The number of phenols is 1. The van der Waals surface area contributed by atoms with E-state index in [1.54, 1.807) is 19.9 Å². The number of ether oxygens (including phenoxy) is 3. The Morgan fingerprint density at radius 3 is 2.50 bits per heavy atom. The molecule has 1 saturated carbocycles. The van der Waals surface area contributed by atoms with Crippen LogP contribution in [0.25, 0.3) is 0 Å². The lowest BCUT2D eigenvalue weighted by Crippen LogP contribution is -2.41. The summed E-state index contributed by atoms with van der Waals surface area (Å²) < 4.78 is 17.0. The number of hydrogen-bond donors (Lipinski definition) is 2. The molecule has 1 aliphatic heterocycles. The van der Waals surface area contributed by atoms with Crippen LogP contribution < -0.4 is 4.74 Å². The number of rotatable bonds is 10. The van der Waals surface area contributed by atoms with E-state index in [0.29, 0.717) is 31.0 Å². The predicted molar refractivity (Wildman–Crippen MR) is 122 cm³/mol. The van der Waals surface area contributed by atoms with Gasteiger partial charge in [-0.15, -0.1) is 0 Å². The van der Waals surface area contributed by atoms with Gasteiger partial charge in [0, 0.05) is 26.3 Å². The molecular formula is C26H38O6. The van der Waals surface area contributed by atoms with Gasteiger partial charge < -0.3 is 24.4 Å². The number of aliphatic hydroxyl groups is 1. The van der Waals surface area contributed by atoms with E-state index in [-0.39, 0.29) is 18.1 Å². The molecule has 32 heavy (non-hydrogen) atoms. The van der Waals surface area contributed by atoms with Crippen LogP contribution in [0.4, 0.5) is 0 Å². The first kappa shape index (κ1) is 24.4. The van der Waals surface area contributed by atoms with E-state index in [2.05, 4.69) is 0 Å². The van der Waals surface area contributed by atoms with E-state index < -0.39 is 17.4 Å². The molecule has 1 aliphatic carbocycles. The van der Waals surface area contributed by atoms with E-state index in [9.17, 15) is 15.0 Å². The van der Waals surface area contributed by atoms with Crippen molar-refractivity contribution in [1.29, 1.82) is 0 Å². The van der Waals surface area contributed by atoms with Crippen LogP contribution in [0.2, 0.25) is 0 Å². The number of hydrogen-bond acceptors (Lipinski definition) is 6. The largest absolute Gasteiger partial charge is 0.508 e. The predicted octanol–water partition coefficient (Wildman–Crippen LogP) is 5.18. The zero-order chi connectivity index (χ0) is 23.4. The van der Waals surface area contributed by atoms with Crippen molar-refractivity contribution in [2.24, 2.45) is 5.92 Å². The van der Waals surface area contributed by atoms with E-state index in [1.807, 2.05) is 19.9 Å². The van der Waals surface area contributed by atoms with E-state index in [4.69, 9.17) is 14.2 Å². The highest BCUT2D eigenvalue weighted by molar-refractivity contribution is 5.83. The van der Waals surface area contributed by atoms with Crippen molar-refractivity contribution < 1.29 is 29.2 Å². The lowest BCUT2D eigenvalue weighted by atomic mass is 9.78. The smallest absolute Gasteiger partial charge is 0.337 e. The van der Waals surface area contributed by atoms with Gasteiger partial charge in [0.25, 0.3) is 0 Å². The second-order valence-corrected chi connectivity index (χ2v) is 9.59. The number of carbonyl (C=O) groups excluding carboxylic acids is 1. The van der Waals surface area contributed by atoms with E-state index in [0.717, 1.165) is 49.7 Å². The zero-order valence-electron chi connectivity index (χ0n) is 19.9. The molecule has 1 unspecified atom stereocenters. The van der Waals surface area contributed by atoms with Gasteiger partial charge in [-0.2, -0.15) is 0 Å². The Labute approximate surface area is 191 Å². The molecule has 1 fully saturated rings. The Hall–Kier alpha value is -2.21. The molecule has 0 spiro atoms. The fourth-order valence-electron chi connectivity index (χ4n) is 4.90. The molecule has 0 radical (unpaired) electrons. The number of esters is 1. The van der Waals surface area contributed by atoms with E-state index in [1.165, 1.54) is 6.08 Å². The molecule has 6 nitrogen and oxygen atoms in total. The fraction of sp³-hybridized carbons (Fsp3) is 0.654. The summed E-state index contributed by atoms with van der Waals surface area (Å²) >= 11 is 0. The summed E-state index contributed by atoms with van der Waals surface area (Å²) in [6.45, 7) is 8.03. The normalized spacial score (nSPS) is 20.3. The topological polar surface area (TPSA) is 85.2 Å². The SMILES string of the molecule is CCCOc1cc(O)c(CC)cc1CCC(O)(CC1=CC(=O)OC(C)(C)O1)C1CCCC1. The van der Waals surface area contributed by atoms with Gasteiger partial charge in [0.2, 0.25) is 5.79 Å². The average Bonchev–Trinajstić information content (AvgIpc) is 3.25. The van der Waals surface area contributed by atoms with Gasteiger partial charge in [0.05, 0.1) is 18.3 Å². The van der Waals surface area contributed by atoms with Gasteiger partial charge in [-0.3, -0.25) is 0 Å². The fourth-order valence-corrected chi connectivity index (χ4v) is 4.90. The van der Waals surface area contributed by atoms with Crippen molar-refractivity contribution >= 4 is 5.97 Å². The lowest BCUT2D eigenvalue weighted by molar-refractivity contribution is -0.208. The first-order chi connectivity index (χ1) is 15.2. The minimum atomic E-state index is -1.04. The Bertz CT molecular complexity index is 837. The van der Waals surface area contributed by atoms with Crippen molar-refractivity contribution in [2.75, 3.05) is 6.61 Å². The molecule has 178 valence electrons. The molecular weight excluding hydrogens is 408 g/mol. The highest BCUT2D eigenvalue weighted by Crippen LogP contribution is 2.42.